The summed E-state index contributed by atoms with van der Waals surface area (Å²) in [6, 6.07) is 4.66. The van der Waals surface area contributed by atoms with Crippen LogP contribution in [0.3, 0.4) is 0 Å². The summed E-state index contributed by atoms with van der Waals surface area (Å²) in [6.07, 6.45) is 4.42. The highest BCUT2D eigenvalue weighted by Crippen LogP contribution is 2.32. The molecule has 2 fully saturated rings. The lowest BCUT2D eigenvalue weighted by Gasteiger charge is -2.36. The van der Waals surface area contributed by atoms with Crippen molar-refractivity contribution in [3.63, 3.8) is 0 Å². The maximum absolute atomic E-state index is 12.9. The molecule has 2 aliphatic rings. The molecule has 1 aromatic rings. The number of halogens is 2. The molecule has 28 heavy (non-hydrogen) atoms. The zero-order valence-electron chi connectivity index (χ0n) is 16.3. The van der Waals surface area contributed by atoms with Crippen molar-refractivity contribution in [1.82, 2.24) is 9.62 Å². The highest BCUT2D eigenvalue weighted by Gasteiger charge is 2.35. The Morgan fingerprint density at radius 1 is 1.11 bits per heavy atom. The second-order valence-electron chi connectivity index (χ2n) is 8.14. The van der Waals surface area contributed by atoms with Gasteiger partial charge in [0, 0.05) is 30.1 Å². The molecule has 1 saturated heterocycles. The second kappa shape index (κ2) is 8.90. The first-order chi connectivity index (χ1) is 13.2. The van der Waals surface area contributed by atoms with Crippen molar-refractivity contribution in [2.45, 2.75) is 56.9 Å². The third-order valence-corrected chi connectivity index (χ3v) is 8.99. The summed E-state index contributed by atoms with van der Waals surface area (Å²) in [6.45, 7) is 5.06. The Balaban J connectivity index is 1.61. The number of nitrogens with one attached hydrogen (secondary N) is 1. The molecule has 3 atom stereocenters. The molecule has 1 aliphatic carbocycles. The molecule has 8 heteroatoms. The van der Waals surface area contributed by atoms with Crippen molar-refractivity contribution in [2.24, 2.45) is 17.8 Å². The summed E-state index contributed by atoms with van der Waals surface area (Å²) in [5.41, 5.74) is 0. The van der Waals surface area contributed by atoms with Gasteiger partial charge >= 0.3 is 0 Å². The van der Waals surface area contributed by atoms with Crippen molar-refractivity contribution in [1.29, 1.82) is 0 Å². The van der Waals surface area contributed by atoms with Crippen LogP contribution in [-0.2, 0) is 14.8 Å². The van der Waals surface area contributed by atoms with E-state index in [1.165, 1.54) is 22.9 Å². The summed E-state index contributed by atoms with van der Waals surface area (Å²) < 4.78 is 27.2. The summed E-state index contributed by atoms with van der Waals surface area (Å²) >= 11 is 12.0. The minimum atomic E-state index is -3.72. The first-order valence-corrected chi connectivity index (χ1v) is 12.2. The van der Waals surface area contributed by atoms with Crippen LogP contribution in [-0.4, -0.2) is 37.8 Å². The van der Waals surface area contributed by atoms with Crippen LogP contribution in [0.5, 0.6) is 0 Å². The molecule has 0 aromatic heterocycles. The van der Waals surface area contributed by atoms with E-state index in [1.54, 1.807) is 6.07 Å². The predicted molar refractivity (Wildman–Crippen MR) is 112 cm³/mol. The van der Waals surface area contributed by atoms with Crippen LogP contribution in [0.15, 0.2) is 23.1 Å². The van der Waals surface area contributed by atoms with Crippen LogP contribution >= 0.6 is 23.2 Å². The number of piperidine rings is 1. The SMILES string of the molecule is C[C@H]1[C@H](C)CCC[C@H]1NC(=O)C1CCN(S(=O)(=O)c2cc(Cl)ccc2Cl)CC1. The molecule has 1 N–H and O–H groups in total. The fourth-order valence-electron chi connectivity index (χ4n) is 4.26. The summed E-state index contributed by atoms with van der Waals surface area (Å²) in [4.78, 5) is 12.7. The van der Waals surface area contributed by atoms with E-state index in [2.05, 4.69) is 19.2 Å². The van der Waals surface area contributed by atoms with Crippen LogP contribution < -0.4 is 5.32 Å². The summed E-state index contributed by atoms with van der Waals surface area (Å²) in [7, 11) is -3.72. The number of carbonyl (C=O) groups excluding carboxylic acids is 1. The molecule has 1 heterocycles. The van der Waals surface area contributed by atoms with E-state index in [9.17, 15) is 13.2 Å². The number of hydrogen-bond acceptors (Lipinski definition) is 3. The van der Waals surface area contributed by atoms with Gasteiger partial charge in [0.05, 0.1) is 5.02 Å². The average Bonchev–Trinajstić information content (AvgIpc) is 2.67. The predicted octanol–water partition coefficient (Wildman–Crippen LogP) is 4.34. The number of amides is 1. The van der Waals surface area contributed by atoms with Gasteiger partial charge in [0.2, 0.25) is 15.9 Å². The van der Waals surface area contributed by atoms with Crippen LogP contribution in [0.2, 0.25) is 10.0 Å². The molecule has 156 valence electrons. The highest BCUT2D eigenvalue weighted by atomic mass is 35.5. The van der Waals surface area contributed by atoms with Crippen LogP contribution in [0, 0.1) is 17.8 Å². The molecule has 0 bridgehead atoms. The monoisotopic (exact) mass is 446 g/mol. The Labute approximate surface area is 177 Å². The van der Waals surface area contributed by atoms with E-state index < -0.39 is 10.0 Å². The minimum Gasteiger partial charge on any atom is -0.353 e. The van der Waals surface area contributed by atoms with Gasteiger partial charge in [-0.15, -0.1) is 0 Å². The summed E-state index contributed by atoms with van der Waals surface area (Å²) in [5, 5.41) is 3.71. The topological polar surface area (TPSA) is 66.5 Å². The molecule has 5 nitrogen and oxygen atoms in total. The van der Waals surface area contributed by atoms with Crippen molar-refractivity contribution in [3.05, 3.63) is 28.2 Å². The molecule has 1 amide bonds. The smallest absolute Gasteiger partial charge is 0.244 e. The molecule has 0 unspecified atom stereocenters. The third-order valence-electron chi connectivity index (χ3n) is 6.37. The number of hydrogen-bond donors (Lipinski definition) is 1. The first kappa shape index (κ1) is 21.9. The molecule has 0 spiro atoms. The fraction of sp³-hybridized carbons (Fsp3) is 0.650. The van der Waals surface area contributed by atoms with Crippen molar-refractivity contribution < 1.29 is 13.2 Å². The van der Waals surface area contributed by atoms with Gasteiger partial charge in [-0.25, -0.2) is 8.42 Å². The van der Waals surface area contributed by atoms with Gasteiger partial charge in [0.15, 0.2) is 0 Å². The molecule has 3 rings (SSSR count). The van der Waals surface area contributed by atoms with Gasteiger partial charge in [-0.1, -0.05) is 49.9 Å². The largest absolute Gasteiger partial charge is 0.353 e. The number of carbonyl (C=O) groups is 1. The van der Waals surface area contributed by atoms with Gasteiger partial charge in [0.25, 0.3) is 0 Å². The molecule has 1 aromatic carbocycles. The fourth-order valence-corrected chi connectivity index (χ4v) is 6.47. The van der Waals surface area contributed by atoms with E-state index >= 15 is 0 Å². The van der Waals surface area contributed by atoms with E-state index in [4.69, 9.17) is 23.2 Å². The van der Waals surface area contributed by atoms with Crippen LogP contribution in [0.25, 0.3) is 0 Å². The molecule has 0 radical (unpaired) electrons. The third kappa shape index (κ3) is 4.66. The molecular formula is C20H28Cl2N2O3S. The number of benzene rings is 1. The standard InChI is InChI=1S/C20H28Cl2N2O3S/c1-13-4-3-5-18(14(13)2)23-20(25)15-8-10-24(11-9-15)28(26,27)19-12-16(21)6-7-17(19)22/h6-7,12-15,18H,3-5,8-11H2,1-2H3,(H,23,25)/t13-,14+,18-/m1/s1. The number of nitrogens with zero attached hydrogens (tertiary/aromatic N) is 1. The lowest BCUT2D eigenvalue weighted by atomic mass is 9.78. The van der Waals surface area contributed by atoms with E-state index in [0.29, 0.717) is 42.8 Å². The molecule has 1 aliphatic heterocycles. The lowest BCUT2D eigenvalue weighted by molar-refractivity contribution is -0.127. The Kier molecular flexibility index (Phi) is 6.96. The van der Waals surface area contributed by atoms with Crippen molar-refractivity contribution in [2.75, 3.05) is 13.1 Å². The van der Waals surface area contributed by atoms with Crippen molar-refractivity contribution in [3.8, 4) is 0 Å². The second-order valence-corrected chi connectivity index (χ2v) is 10.9. The van der Waals surface area contributed by atoms with E-state index in [0.717, 1.165) is 12.8 Å². The maximum Gasteiger partial charge on any atom is 0.244 e. The van der Waals surface area contributed by atoms with Crippen LogP contribution in [0.1, 0.15) is 46.0 Å². The van der Waals surface area contributed by atoms with Gasteiger partial charge in [-0.05, 0) is 49.3 Å². The van der Waals surface area contributed by atoms with Gasteiger partial charge < -0.3 is 5.32 Å². The quantitative estimate of drug-likeness (QED) is 0.747. The average molecular weight is 447 g/mol. The number of rotatable bonds is 4. The van der Waals surface area contributed by atoms with Gasteiger partial charge in [-0.2, -0.15) is 4.31 Å². The van der Waals surface area contributed by atoms with E-state index in [1.807, 2.05) is 0 Å². The Bertz CT molecular complexity index is 823. The zero-order chi connectivity index (χ0) is 20.5. The number of sulfonamides is 1. The summed E-state index contributed by atoms with van der Waals surface area (Å²) in [5.74, 6) is 1.01. The Hall–Kier alpha value is -0.820. The lowest BCUT2D eigenvalue weighted by Crippen LogP contribution is -2.48. The normalized spacial score (nSPS) is 27.5. The zero-order valence-corrected chi connectivity index (χ0v) is 18.7. The molecular weight excluding hydrogens is 419 g/mol. The first-order valence-electron chi connectivity index (χ1n) is 9.95. The van der Waals surface area contributed by atoms with Crippen molar-refractivity contribution >= 4 is 39.1 Å². The molecule has 1 saturated carbocycles. The highest BCUT2D eigenvalue weighted by molar-refractivity contribution is 7.89. The van der Waals surface area contributed by atoms with Gasteiger partial charge in [-0.3, -0.25) is 4.79 Å². The van der Waals surface area contributed by atoms with E-state index in [-0.39, 0.29) is 27.8 Å². The Morgan fingerprint density at radius 3 is 2.46 bits per heavy atom. The maximum atomic E-state index is 12.9. The van der Waals surface area contributed by atoms with Gasteiger partial charge in [0.1, 0.15) is 4.90 Å². The van der Waals surface area contributed by atoms with Crippen LogP contribution in [0.4, 0.5) is 0 Å². The Morgan fingerprint density at radius 2 is 1.79 bits per heavy atom. The minimum absolute atomic E-state index is 0.0228.